The van der Waals surface area contributed by atoms with Gasteiger partial charge in [-0.05, 0) is 37.5 Å². The summed E-state index contributed by atoms with van der Waals surface area (Å²) >= 11 is 0. The van der Waals surface area contributed by atoms with Crippen LogP contribution in [0.15, 0.2) is 23.1 Å². The minimum absolute atomic E-state index is 0.00874. The molecule has 23 heavy (non-hydrogen) atoms. The number of aryl methyl sites for hydroxylation is 1. The van der Waals surface area contributed by atoms with Crippen LogP contribution >= 0.6 is 0 Å². The summed E-state index contributed by atoms with van der Waals surface area (Å²) in [5, 5.41) is 9.06. The number of hydrogen-bond acceptors (Lipinski definition) is 3. The molecule has 1 saturated heterocycles. The molecule has 1 aliphatic heterocycles. The van der Waals surface area contributed by atoms with Crippen molar-refractivity contribution < 1.29 is 31.5 Å². The van der Waals surface area contributed by atoms with Gasteiger partial charge in [0.25, 0.3) is 0 Å². The Morgan fingerprint density at radius 1 is 1.35 bits per heavy atom. The maximum absolute atomic E-state index is 12.8. The molecule has 128 valence electrons. The molecule has 0 amide bonds. The fraction of sp³-hybridized carbons (Fsp3) is 0.500. The number of carboxylic acid groups (broad SMARTS) is 1. The fourth-order valence-electron chi connectivity index (χ4n) is 2.57. The lowest BCUT2D eigenvalue weighted by Gasteiger charge is -2.33. The highest BCUT2D eigenvalue weighted by Gasteiger charge is 2.44. The number of rotatable bonds is 3. The molecule has 0 radical (unpaired) electrons. The summed E-state index contributed by atoms with van der Waals surface area (Å²) in [5.41, 5.74) is 0.193. The molecule has 1 aliphatic rings. The second kappa shape index (κ2) is 6.12. The Morgan fingerprint density at radius 2 is 2.00 bits per heavy atom. The number of alkyl halides is 3. The van der Waals surface area contributed by atoms with E-state index in [1.165, 1.54) is 19.1 Å². The Hall–Kier alpha value is -1.61. The van der Waals surface area contributed by atoms with Gasteiger partial charge in [-0.3, -0.25) is 0 Å². The maximum Gasteiger partial charge on any atom is 0.393 e. The van der Waals surface area contributed by atoms with E-state index >= 15 is 0 Å². The lowest BCUT2D eigenvalue weighted by atomic mass is 9.99. The van der Waals surface area contributed by atoms with Crippen LogP contribution in [-0.2, 0) is 10.0 Å². The van der Waals surface area contributed by atoms with E-state index in [9.17, 15) is 26.4 Å². The number of hydrogen-bond donors (Lipinski definition) is 1. The second-order valence-corrected chi connectivity index (χ2v) is 7.46. The molecule has 0 spiro atoms. The minimum atomic E-state index is -4.45. The van der Waals surface area contributed by atoms with Gasteiger partial charge in [0.05, 0.1) is 16.4 Å². The number of carbonyl (C=O) groups is 1. The average molecular weight is 351 g/mol. The van der Waals surface area contributed by atoms with Crippen LogP contribution in [0.25, 0.3) is 0 Å². The Morgan fingerprint density at radius 3 is 2.57 bits per heavy atom. The molecule has 5 nitrogen and oxygen atoms in total. The zero-order chi connectivity index (χ0) is 17.4. The van der Waals surface area contributed by atoms with Crippen molar-refractivity contribution in [1.82, 2.24) is 4.31 Å². The maximum atomic E-state index is 12.8. The van der Waals surface area contributed by atoms with E-state index in [1.54, 1.807) is 0 Å². The molecule has 1 fully saturated rings. The first-order chi connectivity index (χ1) is 10.5. The molecule has 2 rings (SSSR count). The molecule has 0 aromatic heterocycles. The van der Waals surface area contributed by atoms with Crippen LogP contribution in [-0.4, -0.2) is 43.1 Å². The standard InChI is InChI=1S/C14H16F3NO4S/c1-9-4-5-11(7-12(9)13(19)20)23(21,22)18-6-2-3-10(8-18)14(15,16)17/h4-5,7,10H,2-3,6,8H2,1H3,(H,19,20). The van der Waals surface area contributed by atoms with Crippen LogP contribution in [0.4, 0.5) is 13.2 Å². The molecule has 1 atom stereocenters. The number of sulfonamides is 1. The first kappa shape index (κ1) is 17.7. The molecule has 1 N–H and O–H groups in total. The van der Waals surface area contributed by atoms with E-state index in [2.05, 4.69) is 0 Å². The van der Waals surface area contributed by atoms with Crippen molar-refractivity contribution >= 4 is 16.0 Å². The fourth-order valence-corrected chi connectivity index (χ4v) is 4.12. The number of nitrogens with zero attached hydrogens (tertiary/aromatic N) is 1. The van der Waals surface area contributed by atoms with Crippen molar-refractivity contribution in [2.24, 2.45) is 5.92 Å². The first-order valence-corrected chi connectivity index (χ1v) is 8.38. The highest BCUT2D eigenvalue weighted by molar-refractivity contribution is 7.89. The lowest BCUT2D eigenvalue weighted by Crippen LogP contribution is -2.44. The predicted molar refractivity (Wildman–Crippen MR) is 75.7 cm³/mol. The van der Waals surface area contributed by atoms with Gasteiger partial charge in [0.15, 0.2) is 0 Å². The number of halogens is 3. The Bertz CT molecular complexity index is 715. The van der Waals surface area contributed by atoms with Gasteiger partial charge in [-0.15, -0.1) is 0 Å². The van der Waals surface area contributed by atoms with Crippen molar-refractivity contribution in [2.45, 2.75) is 30.8 Å². The van der Waals surface area contributed by atoms with Crippen molar-refractivity contribution in [2.75, 3.05) is 13.1 Å². The Balaban J connectivity index is 2.35. The molecule has 1 heterocycles. The van der Waals surface area contributed by atoms with Gasteiger partial charge in [0.1, 0.15) is 0 Å². The third kappa shape index (κ3) is 3.66. The summed E-state index contributed by atoms with van der Waals surface area (Å²) in [4.78, 5) is 10.8. The second-order valence-electron chi connectivity index (χ2n) is 5.53. The summed E-state index contributed by atoms with van der Waals surface area (Å²) in [5.74, 6) is -2.98. The van der Waals surface area contributed by atoms with Gasteiger partial charge in [0.2, 0.25) is 10.0 Å². The van der Waals surface area contributed by atoms with Crippen LogP contribution in [0, 0.1) is 12.8 Å². The molecule has 0 aliphatic carbocycles. The Labute approximate surface area is 131 Å². The molecule has 1 aromatic carbocycles. The van der Waals surface area contributed by atoms with Crippen LogP contribution in [0.2, 0.25) is 0 Å². The van der Waals surface area contributed by atoms with Gasteiger partial charge < -0.3 is 5.11 Å². The molecule has 1 aromatic rings. The van der Waals surface area contributed by atoms with E-state index in [0.29, 0.717) is 5.56 Å². The molecule has 9 heteroatoms. The summed E-state index contributed by atoms with van der Waals surface area (Å²) < 4.78 is 64.3. The van der Waals surface area contributed by atoms with Gasteiger partial charge >= 0.3 is 12.1 Å². The largest absolute Gasteiger partial charge is 0.478 e. The van der Waals surface area contributed by atoms with E-state index in [4.69, 9.17) is 5.11 Å². The lowest BCUT2D eigenvalue weighted by molar-refractivity contribution is -0.182. The number of benzene rings is 1. The van der Waals surface area contributed by atoms with Gasteiger partial charge in [-0.2, -0.15) is 17.5 Å². The average Bonchev–Trinajstić information content (AvgIpc) is 2.46. The molecule has 1 unspecified atom stereocenters. The van der Waals surface area contributed by atoms with Gasteiger partial charge in [0, 0.05) is 13.1 Å². The first-order valence-electron chi connectivity index (χ1n) is 6.94. The Kier molecular flexibility index (Phi) is 4.72. The number of carboxylic acids is 1. The monoisotopic (exact) mass is 351 g/mol. The van der Waals surface area contributed by atoms with E-state index in [1.807, 2.05) is 0 Å². The number of piperidine rings is 1. The number of aromatic carboxylic acids is 1. The van der Waals surface area contributed by atoms with Gasteiger partial charge in [-0.1, -0.05) is 6.07 Å². The smallest absolute Gasteiger partial charge is 0.393 e. The van der Waals surface area contributed by atoms with Crippen molar-refractivity contribution in [1.29, 1.82) is 0 Å². The quantitative estimate of drug-likeness (QED) is 0.908. The van der Waals surface area contributed by atoms with E-state index in [-0.39, 0.29) is 29.8 Å². The summed E-state index contributed by atoms with van der Waals surface area (Å²) in [6.45, 7) is 0.869. The highest BCUT2D eigenvalue weighted by Crippen LogP contribution is 2.35. The summed E-state index contributed by atoms with van der Waals surface area (Å²) in [6, 6.07) is 3.54. The van der Waals surface area contributed by atoms with Crippen LogP contribution in [0.3, 0.4) is 0 Å². The summed E-state index contributed by atoms with van der Waals surface area (Å²) in [7, 11) is -4.16. The van der Waals surface area contributed by atoms with Crippen LogP contribution in [0.1, 0.15) is 28.8 Å². The van der Waals surface area contributed by atoms with Crippen LogP contribution < -0.4 is 0 Å². The zero-order valence-corrected chi connectivity index (χ0v) is 13.1. The van der Waals surface area contributed by atoms with Crippen LogP contribution in [0.5, 0.6) is 0 Å². The van der Waals surface area contributed by atoms with Crippen molar-refractivity contribution in [3.05, 3.63) is 29.3 Å². The highest BCUT2D eigenvalue weighted by atomic mass is 32.2. The third-order valence-electron chi connectivity index (χ3n) is 3.92. The normalized spacial score (nSPS) is 20.4. The predicted octanol–water partition coefficient (Wildman–Crippen LogP) is 2.66. The third-order valence-corrected chi connectivity index (χ3v) is 5.79. The van der Waals surface area contributed by atoms with Gasteiger partial charge in [-0.25, -0.2) is 13.2 Å². The molecular weight excluding hydrogens is 335 g/mol. The van der Waals surface area contributed by atoms with Crippen molar-refractivity contribution in [3.63, 3.8) is 0 Å². The molecule has 0 bridgehead atoms. The van der Waals surface area contributed by atoms with E-state index in [0.717, 1.165) is 10.4 Å². The topological polar surface area (TPSA) is 74.7 Å². The SMILES string of the molecule is Cc1ccc(S(=O)(=O)N2CCCC(C(F)(F)F)C2)cc1C(=O)O. The minimum Gasteiger partial charge on any atom is -0.478 e. The molecule has 0 saturated carbocycles. The van der Waals surface area contributed by atoms with Crippen molar-refractivity contribution in [3.8, 4) is 0 Å². The zero-order valence-electron chi connectivity index (χ0n) is 12.3. The summed E-state index contributed by atoms with van der Waals surface area (Å²) in [6.07, 6.45) is -4.45. The van der Waals surface area contributed by atoms with E-state index < -0.39 is 34.6 Å². The molecular formula is C14H16F3NO4S.